The van der Waals surface area contributed by atoms with Crippen LogP contribution in [0.4, 0.5) is 0 Å². The zero-order chi connectivity index (χ0) is 50.8. The van der Waals surface area contributed by atoms with E-state index in [1.165, 1.54) is 19.2 Å². The number of nitrogens with one attached hydrogen (secondary N) is 3. The number of methoxy groups -OCH3 is 1. The molecule has 9 aromatic rings. The van der Waals surface area contributed by atoms with Crippen LogP contribution in [0.3, 0.4) is 0 Å². The summed E-state index contributed by atoms with van der Waals surface area (Å²) < 4.78 is 31.1. The summed E-state index contributed by atoms with van der Waals surface area (Å²) in [6, 6.07) is 22.4. The first kappa shape index (κ1) is 48.8. The molecule has 5 aromatic carbocycles. The summed E-state index contributed by atoms with van der Waals surface area (Å²) in [4.78, 5) is 67.5. The zero-order valence-corrected chi connectivity index (χ0v) is 40.6. The molecule has 0 saturated carbocycles. The summed E-state index contributed by atoms with van der Waals surface area (Å²) >= 11 is 0. The summed E-state index contributed by atoms with van der Waals surface area (Å²) in [5.74, 6) is -2.63. The maximum Gasteiger partial charge on any atom is 0.328 e. The molecule has 0 aliphatic carbocycles. The van der Waals surface area contributed by atoms with E-state index in [0.29, 0.717) is 5.56 Å². The Morgan fingerprint density at radius 2 is 0.958 bits per heavy atom. The third-order valence-electron chi connectivity index (χ3n) is 12.8. The third-order valence-corrected chi connectivity index (χ3v) is 12.8. The van der Waals surface area contributed by atoms with Crippen molar-refractivity contribution in [1.29, 1.82) is 0 Å². The predicted octanol–water partition coefficient (Wildman–Crippen LogP) is 8.84. The number of carbonyl (C=O) groups excluding carboxylic acids is 3. The maximum absolute atomic E-state index is 15.5. The third kappa shape index (κ3) is 9.90. The lowest BCUT2D eigenvalue weighted by atomic mass is 9.98. The lowest BCUT2D eigenvalue weighted by Crippen LogP contribution is -2.37. The minimum Gasteiger partial charge on any atom is -0.493 e. The average Bonchev–Trinajstić information content (AvgIpc) is 4.09. The molecule has 0 fully saturated rings. The van der Waals surface area contributed by atoms with Crippen molar-refractivity contribution in [3.63, 3.8) is 0 Å². The van der Waals surface area contributed by atoms with E-state index in [0.717, 1.165) is 60.5 Å². The Morgan fingerprint density at radius 3 is 1.42 bits per heavy atom. The second-order valence-corrected chi connectivity index (χ2v) is 18.5. The molecule has 368 valence electrons. The van der Waals surface area contributed by atoms with Gasteiger partial charge in [0.1, 0.15) is 40.4 Å². The Balaban J connectivity index is 1.18. The number of allylic oxidation sites excluding steroid dienone is 4. The number of para-hydroxylation sites is 3. The number of fused-ring (bicyclic) bond motifs is 5. The number of benzene rings is 5. The molecule has 9 rings (SSSR count). The summed E-state index contributed by atoms with van der Waals surface area (Å²) in [6.45, 7) is 7.58. The van der Waals surface area contributed by atoms with Crippen LogP contribution in [-0.2, 0) is 46.5 Å². The molecule has 9 N–H and O–H groups in total. The van der Waals surface area contributed by atoms with Gasteiger partial charge in [0.05, 0.1) is 12.5 Å². The van der Waals surface area contributed by atoms with Crippen LogP contribution in [0.2, 0.25) is 0 Å². The van der Waals surface area contributed by atoms with Crippen LogP contribution in [-0.4, -0.2) is 58.1 Å². The van der Waals surface area contributed by atoms with E-state index in [1.54, 1.807) is 12.4 Å². The van der Waals surface area contributed by atoms with Crippen molar-refractivity contribution in [2.45, 2.75) is 77.9 Å². The molecule has 0 bridgehead atoms. The van der Waals surface area contributed by atoms with E-state index in [-0.39, 0.29) is 82.6 Å². The highest BCUT2D eigenvalue weighted by Gasteiger charge is 2.31. The first-order chi connectivity index (χ1) is 34.7. The molecule has 4 heterocycles. The Hall–Kier alpha value is -8.24. The van der Waals surface area contributed by atoms with Gasteiger partial charge in [-0.25, -0.2) is 14.4 Å². The molecule has 0 aliphatic rings. The molecule has 0 radical (unpaired) electrons. The van der Waals surface area contributed by atoms with Crippen LogP contribution < -0.4 is 41.6 Å². The quantitative estimate of drug-likeness (QED) is 0.0217. The fourth-order valence-electron chi connectivity index (χ4n) is 9.10. The lowest BCUT2D eigenvalue weighted by Gasteiger charge is -2.20. The molecule has 1 unspecified atom stereocenters. The van der Waals surface area contributed by atoms with Gasteiger partial charge in [-0.15, -0.1) is 0 Å². The number of aromatic nitrogens is 3. The molecular weight excluding hydrogens is 913 g/mol. The van der Waals surface area contributed by atoms with Crippen molar-refractivity contribution in [2.75, 3.05) is 7.11 Å². The smallest absolute Gasteiger partial charge is 0.328 e. The average molecular weight is 969 g/mol. The van der Waals surface area contributed by atoms with Gasteiger partial charge < -0.3 is 55.5 Å². The second kappa shape index (κ2) is 20.6. The molecule has 15 heteroatoms. The van der Waals surface area contributed by atoms with Crippen molar-refractivity contribution in [3.8, 4) is 23.0 Å². The number of hydrogen-bond acceptors (Lipinski definition) is 12. The SMILES string of the molecule is COc1c(OC(=O)[C@@H](N)Cc2c[nH]c3ccccc23)cc2oc3cc(OC(=O)[C@@H](N)Cc4c[nH]c5ccccc45)c(CC=C(C)C)c(OC(=O)C(N)Cc4c[nH]c5ccccc45)c3c(=O)c2c1CC=C(C)C. The van der Waals surface area contributed by atoms with Crippen molar-refractivity contribution in [3.05, 3.63) is 165 Å². The molecule has 0 aliphatic heterocycles. The first-order valence-electron chi connectivity index (χ1n) is 23.7. The second-order valence-electron chi connectivity index (χ2n) is 18.5. The van der Waals surface area contributed by atoms with Gasteiger partial charge in [0.25, 0.3) is 0 Å². The highest BCUT2D eigenvalue weighted by Crippen LogP contribution is 2.43. The van der Waals surface area contributed by atoms with Gasteiger partial charge in [-0.2, -0.15) is 0 Å². The van der Waals surface area contributed by atoms with Gasteiger partial charge in [0.2, 0.25) is 5.43 Å². The standard InChI is InChI=1S/C57H56N6O9/c1-30(2)18-20-38-46(70-55(65)40(58)22-32-27-61-43-15-9-6-12-35(32)43)25-48-51(54(38)72-57(67)42(60)24-34-29-63-45-17-11-8-14-37(34)45)52(64)50-39(21-19-31(3)4)53(68-5)49(26-47(50)69-48)71-56(66)41(59)23-33-28-62-44-16-10-7-13-36(33)44/h6-19,25-29,40-42,61-63H,20-24,58-60H2,1-5H3/t40-,41-,42?/m0/s1. The first-order valence-corrected chi connectivity index (χ1v) is 23.7. The summed E-state index contributed by atoms with van der Waals surface area (Å²) in [5.41, 5.74) is 26.4. The highest BCUT2D eigenvalue weighted by atomic mass is 16.6. The molecule has 4 aromatic heterocycles. The van der Waals surface area contributed by atoms with Gasteiger partial charge in [0.15, 0.2) is 17.2 Å². The summed E-state index contributed by atoms with van der Waals surface area (Å²) in [7, 11) is 1.41. The Bertz CT molecular complexity index is 3680. The summed E-state index contributed by atoms with van der Waals surface area (Å²) in [6.07, 6.45) is 9.73. The van der Waals surface area contributed by atoms with Gasteiger partial charge in [-0.3, -0.25) is 4.79 Å². The zero-order valence-electron chi connectivity index (χ0n) is 40.6. The van der Waals surface area contributed by atoms with Gasteiger partial charge in [0, 0.05) is 93.8 Å². The Morgan fingerprint density at radius 1 is 0.556 bits per heavy atom. The molecule has 72 heavy (non-hydrogen) atoms. The van der Waals surface area contributed by atoms with Crippen molar-refractivity contribution < 1.29 is 37.7 Å². The fraction of sp³-hybridized carbons (Fsp3) is 0.228. The van der Waals surface area contributed by atoms with Crippen LogP contribution in [0, 0.1) is 0 Å². The van der Waals surface area contributed by atoms with Crippen molar-refractivity contribution in [2.24, 2.45) is 17.2 Å². The fourth-order valence-corrected chi connectivity index (χ4v) is 9.10. The number of H-pyrrole nitrogens is 3. The number of ether oxygens (including phenoxy) is 4. The predicted molar refractivity (Wildman–Crippen MR) is 280 cm³/mol. The molecule has 0 saturated heterocycles. The normalized spacial score (nSPS) is 12.8. The summed E-state index contributed by atoms with van der Waals surface area (Å²) in [5, 5.41) is 2.66. The van der Waals surface area contributed by atoms with E-state index >= 15 is 4.79 Å². The van der Waals surface area contributed by atoms with Crippen LogP contribution in [0.15, 0.2) is 136 Å². The van der Waals surface area contributed by atoms with Crippen LogP contribution in [0.25, 0.3) is 54.6 Å². The van der Waals surface area contributed by atoms with Gasteiger partial charge >= 0.3 is 17.9 Å². The van der Waals surface area contributed by atoms with E-state index in [9.17, 15) is 14.4 Å². The molecule has 0 spiro atoms. The van der Waals surface area contributed by atoms with Gasteiger partial charge in [-0.05, 0) is 75.4 Å². The van der Waals surface area contributed by atoms with Crippen molar-refractivity contribution >= 4 is 72.6 Å². The molecule has 0 amide bonds. The molecule has 15 nitrogen and oxygen atoms in total. The minimum atomic E-state index is -1.20. The highest BCUT2D eigenvalue weighted by molar-refractivity contribution is 6.00. The number of carbonyl (C=O) groups is 3. The topological polar surface area (TPSA) is 244 Å². The minimum absolute atomic E-state index is 0.00266. The monoisotopic (exact) mass is 968 g/mol. The number of rotatable bonds is 17. The number of aromatic amines is 3. The van der Waals surface area contributed by atoms with Gasteiger partial charge in [-0.1, -0.05) is 77.9 Å². The largest absolute Gasteiger partial charge is 0.493 e. The number of nitrogens with two attached hydrogens (primary N) is 3. The van der Waals surface area contributed by atoms with Crippen LogP contribution in [0.5, 0.6) is 23.0 Å². The Kier molecular flexibility index (Phi) is 14.0. The Labute approximate surface area is 413 Å². The molecule has 3 atom stereocenters. The lowest BCUT2D eigenvalue weighted by molar-refractivity contribution is -0.136. The molecular formula is C57H56N6O9. The van der Waals surface area contributed by atoms with E-state index < -0.39 is 41.5 Å². The van der Waals surface area contributed by atoms with Crippen LogP contribution >= 0.6 is 0 Å². The van der Waals surface area contributed by atoms with E-state index in [4.69, 9.17) is 40.6 Å². The maximum atomic E-state index is 15.5. The van der Waals surface area contributed by atoms with Crippen LogP contribution in [0.1, 0.15) is 55.5 Å². The number of hydrogen-bond donors (Lipinski definition) is 6. The number of esters is 3. The van der Waals surface area contributed by atoms with E-state index in [1.807, 2.05) is 119 Å². The van der Waals surface area contributed by atoms with Crippen molar-refractivity contribution in [1.82, 2.24) is 15.0 Å². The van der Waals surface area contributed by atoms with E-state index in [2.05, 4.69) is 15.0 Å².